The molecule has 0 radical (unpaired) electrons. The summed E-state index contributed by atoms with van der Waals surface area (Å²) in [7, 11) is -0.803. The second-order valence-corrected chi connectivity index (χ2v) is 7.14. The van der Waals surface area contributed by atoms with Crippen LogP contribution in [0.4, 0.5) is 0 Å². The molecule has 0 aromatic heterocycles. The lowest BCUT2D eigenvalue weighted by Crippen LogP contribution is -2.20. The van der Waals surface area contributed by atoms with E-state index >= 15 is 0 Å². The SMILES string of the molecule is C(=C/c1ccccc1)/CO[SiH]1CCCCC1. The monoisotopic (exact) mass is 232 g/mol. The Hall–Kier alpha value is -0.863. The van der Waals surface area contributed by atoms with Crippen molar-refractivity contribution in [1.82, 2.24) is 0 Å². The second-order valence-electron chi connectivity index (χ2n) is 4.41. The van der Waals surface area contributed by atoms with Gasteiger partial charge in [-0.1, -0.05) is 61.7 Å². The smallest absolute Gasteiger partial charge is 0.177 e. The minimum absolute atomic E-state index is 0.803. The van der Waals surface area contributed by atoms with Gasteiger partial charge in [0.15, 0.2) is 9.04 Å². The van der Waals surface area contributed by atoms with Crippen molar-refractivity contribution in [3.8, 4) is 0 Å². The predicted molar refractivity (Wildman–Crippen MR) is 72.0 cm³/mol. The van der Waals surface area contributed by atoms with E-state index in [0.29, 0.717) is 0 Å². The fraction of sp³-hybridized carbons (Fsp3) is 0.429. The number of hydrogen-bond donors (Lipinski definition) is 0. The molecule has 0 amide bonds. The molecule has 2 heteroatoms. The lowest BCUT2D eigenvalue weighted by atomic mass is 10.2. The zero-order valence-corrected chi connectivity index (χ0v) is 10.9. The van der Waals surface area contributed by atoms with E-state index in [9.17, 15) is 0 Å². The molecule has 0 atom stereocenters. The fourth-order valence-corrected chi connectivity index (χ4v) is 4.67. The van der Waals surface area contributed by atoms with Crippen LogP contribution < -0.4 is 0 Å². The molecule has 0 saturated carbocycles. The maximum atomic E-state index is 5.96. The third kappa shape index (κ3) is 3.95. The highest BCUT2D eigenvalue weighted by molar-refractivity contribution is 6.52. The third-order valence-corrected chi connectivity index (χ3v) is 5.86. The zero-order valence-electron chi connectivity index (χ0n) is 9.77. The van der Waals surface area contributed by atoms with Gasteiger partial charge >= 0.3 is 0 Å². The quantitative estimate of drug-likeness (QED) is 0.720. The number of rotatable bonds is 4. The van der Waals surface area contributed by atoms with Gasteiger partial charge in [-0.2, -0.15) is 0 Å². The maximum Gasteiger partial charge on any atom is 0.177 e. The van der Waals surface area contributed by atoms with Gasteiger partial charge in [-0.15, -0.1) is 0 Å². The van der Waals surface area contributed by atoms with Gasteiger partial charge in [0.1, 0.15) is 0 Å². The molecule has 16 heavy (non-hydrogen) atoms. The summed E-state index contributed by atoms with van der Waals surface area (Å²) in [6.07, 6.45) is 8.53. The van der Waals surface area contributed by atoms with Gasteiger partial charge < -0.3 is 4.43 Å². The Labute approximate surface area is 99.9 Å². The van der Waals surface area contributed by atoms with Crippen molar-refractivity contribution >= 4 is 15.1 Å². The Kier molecular flexibility index (Phi) is 4.84. The molecule has 1 aliphatic heterocycles. The van der Waals surface area contributed by atoms with Crippen molar-refractivity contribution in [3.05, 3.63) is 42.0 Å². The van der Waals surface area contributed by atoms with Crippen LogP contribution in [0.5, 0.6) is 0 Å². The first kappa shape index (κ1) is 11.6. The summed E-state index contributed by atoms with van der Waals surface area (Å²) in [6, 6.07) is 13.2. The van der Waals surface area contributed by atoms with Crippen LogP contribution in [-0.2, 0) is 4.43 Å². The van der Waals surface area contributed by atoms with Gasteiger partial charge in [0.05, 0.1) is 6.61 Å². The Morgan fingerprint density at radius 3 is 2.56 bits per heavy atom. The first-order valence-corrected chi connectivity index (χ1v) is 8.39. The average molecular weight is 232 g/mol. The summed E-state index contributed by atoms with van der Waals surface area (Å²) >= 11 is 0. The molecule has 0 N–H and O–H groups in total. The minimum Gasteiger partial charge on any atom is -0.416 e. The molecule has 0 spiro atoms. The van der Waals surface area contributed by atoms with Crippen molar-refractivity contribution < 1.29 is 4.43 Å². The third-order valence-electron chi connectivity index (χ3n) is 3.09. The van der Waals surface area contributed by atoms with E-state index in [2.05, 4.69) is 36.4 Å². The zero-order chi connectivity index (χ0) is 11.1. The van der Waals surface area contributed by atoms with Crippen LogP contribution in [0.2, 0.25) is 12.1 Å². The lowest BCUT2D eigenvalue weighted by Gasteiger charge is -2.19. The summed E-state index contributed by atoms with van der Waals surface area (Å²) in [6.45, 7) is 0.811. The van der Waals surface area contributed by atoms with Crippen LogP contribution in [0, 0.1) is 0 Å². The van der Waals surface area contributed by atoms with Gasteiger partial charge in [0, 0.05) is 0 Å². The Bertz CT molecular complexity index is 315. The van der Waals surface area contributed by atoms with Gasteiger partial charge in [0.25, 0.3) is 0 Å². The molecule has 1 nitrogen and oxygen atoms in total. The lowest BCUT2D eigenvalue weighted by molar-refractivity contribution is 0.356. The predicted octanol–water partition coefficient (Wildman–Crippen LogP) is 3.62. The van der Waals surface area contributed by atoms with E-state index in [0.717, 1.165) is 6.61 Å². The van der Waals surface area contributed by atoms with E-state index in [1.54, 1.807) is 0 Å². The highest BCUT2D eigenvalue weighted by Crippen LogP contribution is 2.19. The van der Waals surface area contributed by atoms with Crippen LogP contribution in [0.3, 0.4) is 0 Å². The Balaban J connectivity index is 1.69. The van der Waals surface area contributed by atoms with Crippen molar-refractivity contribution in [2.24, 2.45) is 0 Å². The van der Waals surface area contributed by atoms with Crippen LogP contribution in [0.15, 0.2) is 36.4 Å². The second kappa shape index (κ2) is 6.66. The van der Waals surface area contributed by atoms with Gasteiger partial charge in [0.2, 0.25) is 0 Å². The molecule has 1 aromatic rings. The topological polar surface area (TPSA) is 9.23 Å². The molecular formula is C14H20OSi. The van der Waals surface area contributed by atoms with E-state index in [4.69, 9.17) is 4.43 Å². The van der Waals surface area contributed by atoms with Crippen molar-refractivity contribution in [2.45, 2.75) is 31.4 Å². The van der Waals surface area contributed by atoms with Crippen LogP contribution in [-0.4, -0.2) is 15.6 Å². The normalized spacial score (nSPS) is 18.0. The number of benzene rings is 1. The van der Waals surface area contributed by atoms with Gasteiger partial charge in [-0.3, -0.25) is 0 Å². The minimum atomic E-state index is -0.803. The molecule has 0 aliphatic carbocycles. The van der Waals surface area contributed by atoms with Crippen LogP contribution in [0.25, 0.3) is 6.08 Å². The van der Waals surface area contributed by atoms with Gasteiger partial charge in [-0.25, -0.2) is 0 Å². The molecule has 1 fully saturated rings. The summed E-state index contributed by atoms with van der Waals surface area (Å²) < 4.78 is 5.96. The maximum absolute atomic E-state index is 5.96. The molecule has 0 unspecified atom stereocenters. The van der Waals surface area contributed by atoms with E-state index in [1.807, 2.05) is 6.07 Å². The molecule has 2 rings (SSSR count). The summed E-state index contributed by atoms with van der Waals surface area (Å²) in [4.78, 5) is 0. The summed E-state index contributed by atoms with van der Waals surface area (Å²) in [5, 5.41) is 0. The molecule has 1 aliphatic rings. The first-order chi connectivity index (χ1) is 7.95. The molecule has 1 aromatic carbocycles. The Morgan fingerprint density at radius 2 is 1.81 bits per heavy atom. The molecule has 1 saturated heterocycles. The molecule has 86 valence electrons. The largest absolute Gasteiger partial charge is 0.416 e. The molecular weight excluding hydrogens is 212 g/mol. The molecule has 0 bridgehead atoms. The van der Waals surface area contributed by atoms with E-state index < -0.39 is 9.04 Å². The Morgan fingerprint density at radius 1 is 1.06 bits per heavy atom. The van der Waals surface area contributed by atoms with Crippen LogP contribution in [0.1, 0.15) is 24.8 Å². The highest BCUT2D eigenvalue weighted by atomic mass is 28.3. The summed E-state index contributed by atoms with van der Waals surface area (Å²) in [5.41, 5.74) is 1.26. The molecule has 1 heterocycles. The summed E-state index contributed by atoms with van der Waals surface area (Å²) in [5.74, 6) is 0. The van der Waals surface area contributed by atoms with Crippen molar-refractivity contribution in [1.29, 1.82) is 0 Å². The van der Waals surface area contributed by atoms with E-state index in [-0.39, 0.29) is 0 Å². The fourth-order valence-electron chi connectivity index (χ4n) is 2.17. The van der Waals surface area contributed by atoms with E-state index in [1.165, 1.54) is 36.9 Å². The van der Waals surface area contributed by atoms with Crippen LogP contribution >= 0.6 is 0 Å². The van der Waals surface area contributed by atoms with Gasteiger partial charge in [-0.05, 0) is 17.7 Å². The van der Waals surface area contributed by atoms with Crippen molar-refractivity contribution in [2.75, 3.05) is 6.61 Å². The van der Waals surface area contributed by atoms with Crippen molar-refractivity contribution in [3.63, 3.8) is 0 Å². The highest BCUT2D eigenvalue weighted by Gasteiger charge is 2.14. The standard InChI is InChI=1S/C14H20OSi/c1-3-8-14(9-4-1)10-7-11-15-16-12-5-2-6-13-16/h1,3-4,7-10,16H,2,5-6,11-13H2/b10-7-. The average Bonchev–Trinajstić information content (AvgIpc) is 2.37. The first-order valence-electron chi connectivity index (χ1n) is 6.28. The number of hydrogen-bond acceptors (Lipinski definition) is 1.